The first-order valence-corrected chi connectivity index (χ1v) is 5.60. The van der Waals surface area contributed by atoms with Crippen LogP contribution in [0.1, 0.15) is 20.8 Å². The summed E-state index contributed by atoms with van der Waals surface area (Å²) in [5.74, 6) is 1.79. The second-order valence-electron chi connectivity index (χ2n) is 3.77. The van der Waals surface area contributed by atoms with Crippen molar-refractivity contribution in [2.75, 3.05) is 12.9 Å². The van der Waals surface area contributed by atoms with Crippen LogP contribution in [0.25, 0.3) is 0 Å². The number of nitrogens with one attached hydrogen (secondary N) is 1. The predicted octanol–water partition coefficient (Wildman–Crippen LogP) is 1.71. The Bertz CT molecular complexity index is 140. The van der Waals surface area contributed by atoms with Gasteiger partial charge in [-0.1, -0.05) is 13.8 Å². The Balaban J connectivity index is 2.44. The van der Waals surface area contributed by atoms with Gasteiger partial charge < -0.3 is 4.74 Å². The van der Waals surface area contributed by atoms with Crippen LogP contribution in [-0.4, -0.2) is 30.4 Å². The van der Waals surface area contributed by atoms with Crippen LogP contribution in [0.2, 0.25) is 0 Å². The van der Waals surface area contributed by atoms with E-state index in [1.54, 1.807) is 7.11 Å². The fraction of sp³-hybridized carbons (Fsp3) is 1.00. The van der Waals surface area contributed by atoms with Gasteiger partial charge in [0.1, 0.15) is 0 Å². The van der Waals surface area contributed by atoms with E-state index in [4.69, 9.17) is 4.74 Å². The lowest BCUT2D eigenvalue weighted by molar-refractivity contribution is 0.0565. The van der Waals surface area contributed by atoms with Gasteiger partial charge >= 0.3 is 0 Å². The summed E-state index contributed by atoms with van der Waals surface area (Å²) in [6, 6.07) is 0.636. The van der Waals surface area contributed by atoms with Crippen molar-refractivity contribution in [1.29, 1.82) is 0 Å². The first-order chi connectivity index (χ1) is 5.65. The van der Waals surface area contributed by atoms with E-state index in [-0.39, 0.29) is 0 Å². The fourth-order valence-corrected chi connectivity index (χ4v) is 3.10. The maximum absolute atomic E-state index is 5.46. The van der Waals surface area contributed by atoms with Gasteiger partial charge in [0, 0.05) is 18.9 Å². The summed E-state index contributed by atoms with van der Waals surface area (Å²) in [6.07, 6.45) is 0.347. The molecule has 3 atom stereocenters. The van der Waals surface area contributed by atoms with E-state index < -0.39 is 0 Å². The van der Waals surface area contributed by atoms with E-state index >= 15 is 0 Å². The number of methoxy groups -OCH3 is 1. The Morgan fingerprint density at radius 1 is 1.50 bits per heavy atom. The van der Waals surface area contributed by atoms with Crippen molar-refractivity contribution in [3.05, 3.63) is 0 Å². The molecule has 1 heterocycles. The summed E-state index contributed by atoms with van der Waals surface area (Å²) in [5.41, 5.74) is 0. The van der Waals surface area contributed by atoms with Crippen LogP contribution in [0.4, 0.5) is 0 Å². The number of hydrogen-bond donors (Lipinski definition) is 1. The third kappa shape index (κ3) is 2.38. The zero-order valence-corrected chi connectivity index (χ0v) is 9.15. The predicted molar refractivity (Wildman–Crippen MR) is 54.5 cm³/mol. The quantitative estimate of drug-likeness (QED) is 0.730. The third-order valence-electron chi connectivity index (χ3n) is 2.20. The van der Waals surface area contributed by atoms with Gasteiger partial charge in [0.05, 0.1) is 11.5 Å². The molecule has 1 rings (SSSR count). The molecule has 1 N–H and O–H groups in total. The average Bonchev–Trinajstić information content (AvgIpc) is 2.37. The molecule has 2 nitrogen and oxygen atoms in total. The highest BCUT2D eigenvalue weighted by Gasteiger charge is 2.30. The topological polar surface area (TPSA) is 21.3 Å². The van der Waals surface area contributed by atoms with E-state index in [1.165, 1.54) is 5.75 Å². The molecular weight excluding hydrogens is 170 g/mol. The fourth-order valence-electron chi connectivity index (χ4n) is 1.56. The van der Waals surface area contributed by atoms with Crippen molar-refractivity contribution in [2.45, 2.75) is 38.3 Å². The highest BCUT2D eigenvalue weighted by molar-refractivity contribution is 8.00. The van der Waals surface area contributed by atoms with Crippen molar-refractivity contribution in [3.63, 3.8) is 0 Å². The SMILES string of the molecule is COC(C(C)C)C1NC(C)CS1. The van der Waals surface area contributed by atoms with Crippen LogP contribution in [0.5, 0.6) is 0 Å². The molecular formula is C9H19NOS. The van der Waals surface area contributed by atoms with Gasteiger partial charge in [-0.3, -0.25) is 5.32 Å². The van der Waals surface area contributed by atoms with Crippen LogP contribution in [-0.2, 0) is 4.74 Å². The number of hydrogen-bond acceptors (Lipinski definition) is 3. The zero-order valence-electron chi connectivity index (χ0n) is 8.33. The zero-order chi connectivity index (χ0) is 9.14. The van der Waals surface area contributed by atoms with Crippen molar-refractivity contribution in [2.24, 2.45) is 5.92 Å². The summed E-state index contributed by atoms with van der Waals surface area (Å²) in [7, 11) is 1.80. The van der Waals surface area contributed by atoms with Crippen LogP contribution < -0.4 is 5.32 Å². The molecule has 0 bridgehead atoms. The molecule has 0 radical (unpaired) electrons. The molecule has 0 aromatic carbocycles. The normalized spacial score (nSPS) is 32.8. The largest absolute Gasteiger partial charge is 0.379 e. The Morgan fingerprint density at radius 3 is 2.50 bits per heavy atom. The van der Waals surface area contributed by atoms with Crippen LogP contribution in [0, 0.1) is 5.92 Å². The monoisotopic (exact) mass is 189 g/mol. The lowest BCUT2D eigenvalue weighted by atomic mass is 10.1. The first kappa shape index (κ1) is 10.4. The summed E-state index contributed by atoms with van der Waals surface area (Å²) in [4.78, 5) is 0. The van der Waals surface area contributed by atoms with Gasteiger partial charge in [0.2, 0.25) is 0 Å². The second-order valence-corrected chi connectivity index (χ2v) is 4.94. The maximum Gasteiger partial charge on any atom is 0.0840 e. The smallest absolute Gasteiger partial charge is 0.0840 e. The van der Waals surface area contributed by atoms with E-state index in [2.05, 4.69) is 26.1 Å². The Kier molecular flexibility index (Phi) is 3.87. The Morgan fingerprint density at radius 2 is 2.17 bits per heavy atom. The molecule has 1 aliphatic heterocycles. The second kappa shape index (κ2) is 4.49. The summed E-state index contributed by atoms with van der Waals surface area (Å²) in [6.45, 7) is 6.64. The molecule has 1 aliphatic rings. The highest BCUT2D eigenvalue weighted by Crippen LogP contribution is 2.26. The molecule has 0 saturated carbocycles. The van der Waals surface area contributed by atoms with E-state index in [9.17, 15) is 0 Å². The Hall–Kier alpha value is 0.270. The van der Waals surface area contributed by atoms with E-state index in [1.807, 2.05) is 11.8 Å². The van der Waals surface area contributed by atoms with Crippen LogP contribution in [0.15, 0.2) is 0 Å². The minimum atomic E-state index is 0.347. The van der Waals surface area contributed by atoms with E-state index in [0.29, 0.717) is 23.4 Å². The van der Waals surface area contributed by atoms with Crippen molar-refractivity contribution < 1.29 is 4.74 Å². The lowest BCUT2D eigenvalue weighted by Crippen LogP contribution is -2.40. The van der Waals surface area contributed by atoms with Gasteiger partial charge in [0.15, 0.2) is 0 Å². The van der Waals surface area contributed by atoms with Gasteiger partial charge in [-0.2, -0.15) is 0 Å². The van der Waals surface area contributed by atoms with Crippen molar-refractivity contribution >= 4 is 11.8 Å². The summed E-state index contributed by atoms with van der Waals surface area (Å²) < 4.78 is 5.46. The van der Waals surface area contributed by atoms with Gasteiger partial charge in [-0.25, -0.2) is 0 Å². The maximum atomic E-state index is 5.46. The number of rotatable bonds is 3. The summed E-state index contributed by atoms with van der Waals surface area (Å²) >= 11 is 1.98. The summed E-state index contributed by atoms with van der Waals surface area (Å²) in [5, 5.41) is 4.01. The minimum absolute atomic E-state index is 0.347. The molecule has 0 aliphatic carbocycles. The molecule has 12 heavy (non-hydrogen) atoms. The van der Waals surface area contributed by atoms with Gasteiger partial charge in [-0.15, -0.1) is 11.8 Å². The van der Waals surface area contributed by atoms with Gasteiger partial charge in [-0.05, 0) is 12.8 Å². The molecule has 72 valence electrons. The average molecular weight is 189 g/mol. The minimum Gasteiger partial charge on any atom is -0.379 e. The molecule has 0 aromatic heterocycles. The first-order valence-electron chi connectivity index (χ1n) is 4.55. The molecule has 1 saturated heterocycles. The standard InChI is InChI=1S/C9H19NOS/c1-6(2)8(11-4)9-10-7(3)5-12-9/h6-10H,5H2,1-4H3. The van der Waals surface area contributed by atoms with E-state index in [0.717, 1.165) is 0 Å². The highest BCUT2D eigenvalue weighted by atomic mass is 32.2. The molecule has 3 heteroatoms. The van der Waals surface area contributed by atoms with Crippen molar-refractivity contribution in [1.82, 2.24) is 5.32 Å². The third-order valence-corrected chi connectivity index (χ3v) is 3.66. The van der Waals surface area contributed by atoms with Crippen LogP contribution >= 0.6 is 11.8 Å². The lowest BCUT2D eigenvalue weighted by Gasteiger charge is -2.25. The van der Waals surface area contributed by atoms with Crippen LogP contribution in [0.3, 0.4) is 0 Å². The Labute approximate surface area is 79.4 Å². The molecule has 0 amide bonds. The molecule has 1 fully saturated rings. The van der Waals surface area contributed by atoms with Gasteiger partial charge in [0.25, 0.3) is 0 Å². The van der Waals surface area contributed by atoms with Crippen molar-refractivity contribution in [3.8, 4) is 0 Å². The molecule has 0 spiro atoms. The molecule has 3 unspecified atom stereocenters. The number of ether oxygens (including phenoxy) is 1. The molecule has 0 aromatic rings. The number of thioether (sulfide) groups is 1.